The molecular formula is C21H25N3O3S. The molecule has 1 aliphatic carbocycles. The number of rotatable bonds is 11. The number of pyridine rings is 1. The van der Waals surface area contributed by atoms with Crippen molar-refractivity contribution in [1.29, 1.82) is 0 Å². The summed E-state index contributed by atoms with van der Waals surface area (Å²) in [6.07, 6.45) is 5.42. The molecule has 1 saturated carbocycles. The number of benzene rings is 1. The number of hydrogen-bond donors (Lipinski definition) is 0. The fourth-order valence-electron chi connectivity index (χ4n) is 3.11. The van der Waals surface area contributed by atoms with Gasteiger partial charge in [0.25, 0.3) is 5.19 Å². The molecular weight excluding hydrogens is 374 g/mol. The lowest BCUT2D eigenvalue weighted by molar-refractivity contribution is 0.156. The van der Waals surface area contributed by atoms with Gasteiger partial charge in [-0.25, -0.2) is 4.98 Å². The van der Waals surface area contributed by atoms with Crippen molar-refractivity contribution in [3.63, 3.8) is 0 Å². The molecule has 0 spiro atoms. The Hall–Kier alpha value is -2.22. The van der Waals surface area contributed by atoms with Gasteiger partial charge in [0.15, 0.2) is 5.65 Å². The van der Waals surface area contributed by atoms with E-state index in [9.17, 15) is 0 Å². The largest absolute Gasteiger partial charge is 0.492 e. The van der Waals surface area contributed by atoms with Crippen LogP contribution in [0, 0.1) is 0 Å². The van der Waals surface area contributed by atoms with Crippen LogP contribution in [0.15, 0.2) is 42.6 Å². The van der Waals surface area contributed by atoms with E-state index in [2.05, 4.69) is 14.9 Å². The molecule has 0 bridgehead atoms. The second-order valence-corrected chi connectivity index (χ2v) is 7.83. The summed E-state index contributed by atoms with van der Waals surface area (Å²) in [5.41, 5.74) is 0.716. The summed E-state index contributed by atoms with van der Waals surface area (Å²) in [6.45, 7) is 3.53. The zero-order valence-electron chi connectivity index (χ0n) is 16.0. The molecule has 4 rings (SSSR count). The number of aromatic nitrogens is 2. The van der Waals surface area contributed by atoms with E-state index in [1.54, 1.807) is 13.3 Å². The first kappa shape index (κ1) is 19.1. The maximum absolute atomic E-state index is 5.92. The van der Waals surface area contributed by atoms with Gasteiger partial charge in [0.2, 0.25) is 0 Å². The first-order valence-electron chi connectivity index (χ1n) is 9.67. The second-order valence-electron chi connectivity index (χ2n) is 6.84. The standard InChI is InChI=1S/C21H25N3O3S/c1-25-14-3-12-24(16-5-6-16)13-15-26-17-7-9-18(10-8-17)27-21-23-20-19(28-21)4-2-11-22-20/h2,4,7-11,16H,3,5-6,12-15H2,1H3. The zero-order valence-corrected chi connectivity index (χ0v) is 16.9. The van der Waals surface area contributed by atoms with Crippen LogP contribution in [0.1, 0.15) is 19.3 Å². The first-order valence-corrected chi connectivity index (χ1v) is 10.5. The maximum Gasteiger partial charge on any atom is 0.281 e. The van der Waals surface area contributed by atoms with Crippen LogP contribution in [0.2, 0.25) is 0 Å². The molecule has 0 amide bonds. The number of ether oxygens (including phenoxy) is 3. The van der Waals surface area contributed by atoms with Crippen molar-refractivity contribution in [2.75, 3.05) is 33.4 Å². The van der Waals surface area contributed by atoms with Gasteiger partial charge < -0.3 is 14.2 Å². The summed E-state index contributed by atoms with van der Waals surface area (Å²) in [4.78, 5) is 11.1. The molecule has 0 unspecified atom stereocenters. The summed E-state index contributed by atoms with van der Waals surface area (Å²) < 4.78 is 17.9. The number of fused-ring (bicyclic) bond motifs is 1. The Morgan fingerprint density at radius 2 is 1.89 bits per heavy atom. The van der Waals surface area contributed by atoms with Gasteiger partial charge in [-0.3, -0.25) is 4.90 Å². The van der Waals surface area contributed by atoms with Gasteiger partial charge in [-0.2, -0.15) is 4.98 Å². The van der Waals surface area contributed by atoms with E-state index >= 15 is 0 Å². The lowest BCUT2D eigenvalue weighted by Gasteiger charge is -2.21. The van der Waals surface area contributed by atoms with Crippen LogP contribution in [-0.4, -0.2) is 54.3 Å². The normalized spacial score (nSPS) is 13.9. The van der Waals surface area contributed by atoms with Crippen molar-refractivity contribution >= 4 is 21.7 Å². The highest BCUT2D eigenvalue weighted by atomic mass is 32.1. The third kappa shape index (κ3) is 5.19. The molecule has 28 heavy (non-hydrogen) atoms. The van der Waals surface area contributed by atoms with E-state index in [1.807, 2.05) is 36.4 Å². The molecule has 1 aliphatic rings. The van der Waals surface area contributed by atoms with Crippen LogP contribution in [0.25, 0.3) is 10.3 Å². The molecule has 1 fully saturated rings. The van der Waals surface area contributed by atoms with E-state index < -0.39 is 0 Å². The molecule has 0 aliphatic heterocycles. The van der Waals surface area contributed by atoms with Crippen molar-refractivity contribution in [3.05, 3.63) is 42.6 Å². The number of hydrogen-bond acceptors (Lipinski definition) is 7. The van der Waals surface area contributed by atoms with E-state index in [0.717, 1.165) is 48.4 Å². The molecule has 3 aromatic rings. The molecule has 148 valence electrons. The monoisotopic (exact) mass is 399 g/mol. The van der Waals surface area contributed by atoms with Crippen LogP contribution in [0.5, 0.6) is 16.7 Å². The van der Waals surface area contributed by atoms with Crippen LogP contribution >= 0.6 is 11.3 Å². The number of thiazole rings is 1. The summed E-state index contributed by atoms with van der Waals surface area (Å²) in [5, 5.41) is 0.596. The van der Waals surface area contributed by atoms with Gasteiger partial charge in [-0.05, 0) is 55.7 Å². The molecule has 2 heterocycles. The second kappa shape index (κ2) is 9.32. The van der Waals surface area contributed by atoms with Crippen molar-refractivity contribution in [2.24, 2.45) is 0 Å². The highest BCUT2D eigenvalue weighted by Gasteiger charge is 2.28. The summed E-state index contributed by atoms with van der Waals surface area (Å²) in [6, 6.07) is 12.3. The van der Waals surface area contributed by atoms with Crippen molar-refractivity contribution < 1.29 is 14.2 Å². The van der Waals surface area contributed by atoms with Gasteiger partial charge in [0.05, 0.1) is 4.70 Å². The number of nitrogens with zero attached hydrogens (tertiary/aromatic N) is 3. The Bertz CT molecular complexity index is 847. The molecule has 0 N–H and O–H groups in total. The third-order valence-corrected chi connectivity index (χ3v) is 5.57. The van der Waals surface area contributed by atoms with Gasteiger partial charge in [0, 0.05) is 39.0 Å². The van der Waals surface area contributed by atoms with Gasteiger partial charge in [-0.15, -0.1) is 0 Å². The topological polar surface area (TPSA) is 56.7 Å². The highest BCUT2D eigenvalue weighted by Crippen LogP contribution is 2.31. The Kier molecular flexibility index (Phi) is 6.36. The lowest BCUT2D eigenvalue weighted by Crippen LogP contribution is -2.32. The van der Waals surface area contributed by atoms with Crippen LogP contribution in [-0.2, 0) is 4.74 Å². The number of methoxy groups -OCH3 is 1. The van der Waals surface area contributed by atoms with Crippen molar-refractivity contribution in [2.45, 2.75) is 25.3 Å². The fraction of sp³-hybridized carbons (Fsp3) is 0.429. The summed E-state index contributed by atoms with van der Waals surface area (Å²) in [7, 11) is 1.76. The van der Waals surface area contributed by atoms with Crippen LogP contribution < -0.4 is 9.47 Å². The molecule has 7 heteroatoms. The SMILES string of the molecule is COCCCN(CCOc1ccc(Oc2nc3ncccc3s2)cc1)C1CC1. The van der Waals surface area contributed by atoms with Crippen LogP contribution in [0.3, 0.4) is 0 Å². The molecule has 0 radical (unpaired) electrons. The smallest absolute Gasteiger partial charge is 0.281 e. The lowest BCUT2D eigenvalue weighted by atomic mass is 10.3. The molecule has 0 saturated heterocycles. The van der Waals surface area contributed by atoms with E-state index in [1.165, 1.54) is 24.2 Å². The fourth-order valence-corrected chi connectivity index (χ4v) is 3.90. The average molecular weight is 400 g/mol. The maximum atomic E-state index is 5.92. The minimum absolute atomic E-state index is 0.596. The van der Waals surface area contributed by atoms with E-state index in [4.69, 9.17) is 14.2 Å². The van der Waals surface area contributed by atoms with Gasteiger partial charge in [-0.1, -0.05) is 11.3 Å². The summed E-state index contributed by atoms with van der Waals surface area (Å²) in [5.74, 6) is 1.59. The van der Waals surface area contributed by atoms with Crippen LogP contribution in [0.4, 0.5) is 0 Å². The molecule has 0 atom stereocenters. The quantitative estimate of drug-likeness (QED) is 0.447. The molecule has 1 aromatic carbocycles. The minimum atomic E-state index is 0.596. The van der Waals surface area contributed by atoms with Crippen molar-refractivity contribution in [1.82, 2.24) is 14.9 Å². The third-order valence-electron chi connectivity index (χ3n) is 4.68. The van der Waals surface area contributed by atoms with E-state index in [0.29, 0.717) is 17.4 Å². The minimum Gasteiger partial charge on any atom is -0.492 e. The molecule has 6 nitrogen and oxygen atoms in total. The van der Waals surface area contributed by atoms with E-state index in [-0.39, 0.29) is 0 Å². The first-order chi connectivity index (χ1) is 13.8. The predicted octanol–water partition coefficient (Wildman–Crippen LogP) is 4.36. The highest BCUT2D eigenvalue weighted by molar-refractivity contribution is 7.20. The summed E-state index contributed by atoms with van der Waals surface area (Å²) >= 11 is 1.49. The Morgan fingerprint density at radius 3 is 2.64 bits per heavy atom. The molecule has 2 aromatic heterocycles. The predicted molar refractivity (Wildman–Crippen MR) is 111 cm³/mol. The average Bonchev–Trinajstić information content (AvgIpc) is 3.48. The Balaban J connectivity index is 1.26. The van der Waals surface area contributed by atoms with Gasteiger partial charge >= 0.3 is 0 Å². The van der Waals surface area contributed by atoms with Crippen molar-refractivity contribution in [3.8, 4) is 16.7 Å². The zero-order chi connectivity index (χ0) is 19.2. The Morgan fingerprint density at radius 1 is 1.07 bits per heavy atom. The Labute approximate surface area is 169 Å². The van der Waals surface area contributed by atoms with Gasteiger partial charge in [0.1, 0.15) is 18.1 Å².